The maximum absolute atomic E-state index is 13.0. The average Bonchev–Trinajstić information content (AvgIpc) is 2.55. The Bertz CT molecular complexity index is 830. The predicted molar refractivity (Wildman–Crippen MR) is 90.2 cm³/mol. The molecule has 0 amide bonds. The number of sulfonamides is 1. The molecule has 0 N–H and O–H groups in total. The normalized spacial score (nSPS) is 18.5. The second-order valence-electron chi connectivity index (χ2n) is 5.87. The smallest absolute Gasteiger partial charge is 0.243 e. The van der Waals surface area contributed by atoms with Crippen molar-refractivity contribution in [1.82, 2.24) is 4.31 Å². The molecule has 0 saturated carbocycles. The van der Waals surface area contributed by atoms with Crippen molar-refractivity contribution in [3.05, 3.63) is 59.2 Å². The number of aryl methyl sites for hydroxylation is 1. The third-order valence-electron chi connectivity index (χ3n) is 4.51. The van der Waals surface area contributed by atoms with Gasteiger partial charge in [-0.15, -0.1) is 0 Å². The molecule has 0 radical (unpaired) electrons. The lowest BCUT2D eigenvalue weighted by atomic mass is 9.96. The van der Waals surface area contributed by atoms with Crippen LogP contribution >= 0.6 is 0 Å². The topological polar surface area (TPSA) is 46.6 Å². The van der Waals surface area contributed by atoms with Crippen molar-refractivity contribution in [2.24, 2.45) is 0 Å². The molecule has 1 heterocycles. The maximum atomic E-state index is 13.0. The number of rotatable bonds is 3. The van der Waals surface area contributed by atoms with Gasteiger partial charge in [0.15, 0.2) is 0 Å². The van der Waals surface area contributed by atoms with Gasteiger partial charge in [0, 0.05) is 12.6 Å². The zero-order chi connectivity index (χ0) is 16.6. The number of methoxy groups -OCH3 is 1. The molecule has 5 heteroatoms. The van der Waals surface area contributed by atoms with Gasteiger partial charge in [-0.2, -0.15) is 4.31 Å². The van der Waals surface area contributed by atoms with Gasteiger partial charge in [0.05, 0.1) is 12.0 Å². The SMILES string of the molecule is COc1ccc(S(=O)(=O)N2CCc3ccccc3C2C)cc1C. The zero-order valence-electron chi connectivity index (χ0n) is 13.6. The summed E-state index contributed by atoms with van der Waals surface area (Å²) in [5.41, 5.74) is 3.14. The van der Waals surface area contributed by atoms with Gasteiger partial charge >= 0.3 is 0 Å². The lowest BCUT2D eigenvalue weighted by Gasteiger charge is -2.34. The van der Waals surface area contributed by atoms with Gasteiger partial charge in [-0.05, 0) is 55.2 Å². The molecule has 4 nitrogen and oxygen atoms in total. The molecule has 23 heavy (non-hydrogen) atoms. The number of hydrogen-bond donors (Lipinski definition) is 0. The van der Waals surface area contributed by atoms with Crippen LogP contribution in [0, 0.1) is 6.92 Å². The Labute approximate surface area is 137 Å². The molecule has 0 fully saturated rings. The van der Waals surface area contributed by atoms with Crippen LogP contribution in [-0.2, 0) is 16.4 Å². The van der Waals surface area contributed by atoms with E-state index in [-0.39, 0.29) is 6.04 Å². The van der Waals surface area contributed by atoms with E-state index < -0.39 is 10.0 Å². The average molecular weight is 331 g/mol. The summed E-state index contributed by atoms with van der Waals surface area (Å²) in [7, 11) is -1.94. The van der Waals surface area contributed by atoms with Gasteiger partial charge in [-0.25, -0.2) is 8.42 Å². The Morgan fingerprint density at radius 2 is 1.91 bits per heavy atom. The second-order valence-corrected chi connectivity index (χ2v) is 7.76. The molecule has 3 rings (SSSR count). The van der Waals surface area contributed by atoms with Crippen LogP contribution in [0.3, 0.4) is 0 Å². The zero-order valence-corrected chi connectivity index (χ0v) is 14.4. The van der Waals surface area contributed by atoms with Crippen molar-refractivity contribution in [2.75, 3.05) is 13.7 Å². The fourth-order valence-electron chi connectivity index (χ4n) is 3.22. The fourth-order valence-corrected chi connectivity index (χ4v) is 4.92. The molecule has 0 aliphatic carbocycles. The molecule has 1 atom stereocenters. The largest absolute Gasteiger partial charge is 0.496 e. The summed E-state index contributed by atoms with van der Waals surface area (Å²) in [6.07, 6.45) is 0.745. The number of benzene rings is 2. The highest BCUT2D eigenvalue weighted by molar-refractivity contribution is 7.89. The minimum atomic E-state index is -3.52. The number of fused-ring (bicyclic) bond motifs is 1. The third kappa shape index (κ3) is 2.75. The number of nitrogens with zero attached hydrogens (tertiary/aromatic N) is 1. The van der Waals surface area contributed by atoms with Crippen molar-refractivity contribution in [3.63, 3.8) is 0 Å². The van der Waals surface area contributed by atoms with Crippen molar-refractivity contribution >= 4 is 10.0 Å². The van der Waals surface area contributed by atoms with E-state index in [4.69, 9.17) is 4.74 Å². The highest BCUT2D eigenvalue weighted by atomic mass is 32.2. The molecule has 0 bridgehead atoms. The molecular formula is C18H21NO3S. The van der Waals surface area contributed by atoms with Crippen LogP contribution in [0.15, 0.2) is 47.4 Å². The Hall–Kier alpha value is -1.85. The van der Waals surface area contributed by atoms with E-state index in [0.29, 0.717) is 17.2 Å². The van der Waals surface area contributed by atoms with E-state index in [1.807, 2.05) is 32.0 Å². The highest BCUT2D eigenvalue weighted by Gasteiger charge is 2.33. The fraction of sp³-hybridized carbons (Fsp3) is 0.333. The van der Waals surface area contributed by atoms with Gasteiger partial charge in [-0.3, -0.25) is 0 Å². The first-order valence-corrected chi connectivity index (χ1v) is 9.13. The van der Waals surface area contributed by atoms with Crippen LogP contribution in [0.1, 0.15) is 29.7 Å². The maximum Gasteiger partial charge on any atom is 0.243 e. The highest BCUT2D eigenvalue weighted by Crippen LogP contribution is 2.34. The van der Waals surface area contributed by atoms with E-state index in [1.54, 1.807) is 29.6 Å². The molecule has 0 aromatic heterocycles. The van der Waals surface area contributed by atoms with Gasteiger partial charge in [0.1, 0.15) is 5.75 Å². The lowest BCUT2D eigenvalue weighted by molar-refractivity contribution is 0.326. The Morgan fingerprint density at radius 1 is 1.17 bits per heavy atom. The monoisotopic (exact) mass is 331 g/mol. The quantitative estimate of drug-likeness (QED) is 0.867. The third-order valence-corrected chi connectivity index (χ3v) is 6.48. The first kappa shape index (κ1) is 16.0. The molecule has 1 aliphatic rings. The molecule has 2 aromatic rings. The van der Waals surface area contributed by atoms with Gasteiger partial charge in [0.2, 0.25) is 10.0 Å². The van der Waals surface area contributed by atoms with Crippen LogP contribution in [0.2, 0.25) is 0 Å². The van der Waals surface area contributed by atoms with Crippen molar-refractivity contribution in [2.45, 2.75) is 31.2 Å². The minimum absolute atomic E-state index is 0.160. The van der Waals surface area contributed by atoms with Crippen LogP contribution in [0.5, 0.6) is 5.75 Å². The summed E-state index contributed by atoms with van der Waals surface area (Å²) in [6.45, 7) is 4.31. The Balaban J connectivity index is 1.99. The summed E-state index contributed by atoms with van der Waals surface area (Å²) >= 11 is 0. The van der Waals surface area contributed by atoms with E-state index in [1.165, 1.54) is 5.56 Å². The summed E-state index contributed by atoms with van der Waals surface area (Å²) in [6, 6.07) is 12.9. The standard InChI is InChI=1S/C18H21NO3S/c1-13-12-16(8-9-18(13)22-3)23(20,21)19-11-10-15-6-4-5-7-17(15)14(19)2/h4-9,12,14H,10-11H2,1-3H3. The van der Waals surface area contributed by atoms with Crippen LogP contribution in [-0.4, -0.2) is 26.4 Å². The Kier molecular flexibility index (Phi) is 4.17. The van der Waals surface area contributed by atoms with Gasteiger partial charge < -0.3 is 4.74 Å². The number of ether oxygens (including phenoxy) is 1. The van der Waals surface area contributed by atoms with Gasteiger partial charge in [0.25, 0.3) is 0 Å². The van der Waals surface area contributed by atoms with E-state index in [0.717, 1.165) is 17.5 Å². The Morgan fingerprint density at radius 3 is 2.61 bits per heavy atom. The van der Waals surface area contributed by atoms with Crippen molar-refractivity contribution in [1.29, 1.82) is 0 Å². The first-order chi connectivity index (χ1) is 10.9. The summed E-state index contributed by atoms with van der Waals surface area (Å²) in [5.74, 6) is 0.695. The summed E-state index contributed by atoms with van der Waals surface area (Å²) in [5, 5.41) is 0. The predicted octanol–water partition coefficient (Wildman–Crippen LogP) is 3.31. The van der Waals surface area contributed by atoms with Crippen LogP contribution < -0.4 is 4.74 Å². The number of hydrogen-bond acceptors (Lipinski definition) is 3. The molecule has 0 saturated heterocycles. The lowest BCUT2D eigenvalue weighted by Crippen LogP contribution is -2.38. The summed E-state index contributed by atoms with van der Waals surface area (Å²) < 4.78 is 32.9. The van der Waals surface area contributed by atoms with E-state index >= 15 is 0 Å². The molecule has 2 aromatic carbocycles. The van der Waals surface area contributed by atoms with Crippen LogP contribution in [0.4, 0.5) is 0 Å². The molecule has 1 aliphatic heterocycles. The molecule has 1 unspecified atom stereocenters. The van der Waals surface area contributed by atoms with E-state index in [2.05, 4.69) is 6.07 Å². The van der Waals surface area contributed by atoms with E-state index in [9.17, 15) is 8.42 Å². The minimum Gasteiger partial charge on any atom is -0.496 e. The van der Waals surface area contributed by atoms with Gasteiger partial charge in [-0.1, -0.05) is 24.3 Å². The van der Waals surface area contributed by atoms with Crippen molar-refractivity contribution in [3.8, 4) is 5.75 Å². The summed E-state index contributed by atoms with van der Waals surface area (Å²) in [4.78, 5) is 0.321. The second kappa shape index (κ2) is 5.98. The first-order valence-electron chi connectivity index (χ1n) is 7.69. The molecule has 0 spiro atoms. The molecular weight excluding hydrogens is 310 g/mol. The van der Waals surface area contributed by atoms with Crippen molar-refractivity contribution < 1.29 is 13.2 Å². The van der Waals surface area contributed by atoms with Crippen LogP contribution in [0.25, 0.3) is 0 Å². The molecule has 122 valence electrons.